The van der Waals surface area contributed by atoms with Gasteiger partial charge in [-0.2, -0.15) is 13.2 Å². The zero-order chi connectivity index (χ0) is 14.0. The number of alkyl halides is 3. The first-order valence-corrected chi connectivity index (χ1v) is 5.89. The van der Waals surface area contributed by atoms with Crippen LogP contribution in [0.1, 0.15) is 28.8 Å². The molecule has 0 aromatic heterocycles. The molecule has 0 saturated carbocycles. The molecule has 6 heteroatoms. The molecule has 1 aromatic carbocycles. The molecular weight excluding hydrogens is 264 g/mol. The van der Waals surface area contributed by atoms with Crippen LogP contribution in [0.4, 0.5) is 17.6 Å². The third-order valence-electron chi connectivity index (χ3n) is 3.16. The van der Waals surface area contributed by atoms with Crippen molar-refractivity contribution in [2.75, 3.05) is 13.2 Å². The maximum absolute atomic E-state index is 13.8. The number of carbonyl (C=O) groups excluding carboxylic acids is 1. The molecule has 0 unspecified atom stereocenters. The van der Waals surface area contributed by atoms with Gasteiger partial charge in [-0.15, -0.1) is 0 Å². The zero-order valence-electron chi connectivity index (χ0n) is 9.97. The highest BCUT2D eigenvalue weighted by Gasteiger charge is 2.36. The van der Waals surface area contributed by atoms with Crippen LogP contribution in [0.25, 0.3) is 0 Å². The van der Waals surface area contributed by atoms with E-state index in [1.165, 1.54) is 0 Å². The molecule has 1 aromatic rings. The van der Waals surface area contributed by atoms with E-state index in [2.05, 4.69) is 0 Å². The summed E-state index contributed by atoms with van der Waals surface area (Å²) in [7, 11) is 0. The highest BCUT2D eigenvalue weighted by atomic mass is 19.4. The Morgan fingerprint density at radius 3 is 2.42 bits per heavy atom. The van der Waals surface area contributed by atoms with Crippen molar-refractivity contribution in [2.24, 2.45) is 5.92 Å². The molecule has 0 atom stereocenters. The van der Waals surface area contributed by atoms with E-state index in [-0.39, 0.29) is 0 Å². The maximum Gasteiger partial charge on any atom is 0.419 e. The van der Waals surface area contributed by atoms with Gasteiger partial charge in [0.25, 0.3) is 0 Å². The molecule has 0 radical (unpaired) electrons. The molecule has 0 N–H and O–H groups in total. The predicted molar refractivity (Wildman–Crippen MR) is 59.3 cm³/mol. The van der Waals surface area contributed by atoms with Gasteiger partial charge in [0.05, 0.1) is 11.1 Å². The summed E-state index contributed by atoms with van der Waals surface area (Å²) in [6.07, 6.45) is -3.97. The fourth-order valence-electron chi connectivity index (χ4n) is 2.12. The van der Waals surface area contributed by atoms with E-state index in [0.29, 0.717) is 32.1 Å². The molecule has 19 heavy (non-hydrogen) atoms. The van der Waals surface area contributed by atoms with Crippen molar-refractivity contribution in [3.05, 3.63) is 35.1 Å². The van der Waals surface area contributed by atoms with Crippen molar-refractivity contribution in [1.82, 2.24) is 0 Å². The first-order valence-electron chi connectivity index (χ1n) is 5.89. The maximum atomic E-state index is 13.8. The lowest BCUT2D eigenvalue weighted by Crippen LogP contribution is -2.25. The highest BCUT2D eigenvalue weighted by Crippen LogP contribution is 2.33. The minimum Gasteiger partial charge on any atom is -0.381 e. The average molecular weight is 276 g/mol. The molecule has 1 fully saturated rings. The third kappa shape index (κ3) is 2.94. The van der Waals surface area contributed by atoms with Crippen molar-refractivity contribution in [2.45, 2.75) is 19.0 Å². The fraction of sp³-hybridized carbons (Fsp3) is 0.462. The first kappa shape index (κ1) is 14.0. The van der Waals surface area contributed by atoms with Crippen LogP contribution >= 0.6 is 0 Å². The van der Waals surface area contributed by atoms with E-state index >= 15 is 0 Å². The number of hydrogen-bond acceptors (Lipinski definition) is 2. The highest BCUT2D eigenvalue weighted by molar-refractivity contribution is 5.98. The Morgan fingerprint density at radius 1 is 1.21 bits per heavy atom. The average Bonchev–Trinajstić information content (AvgIpc) is 2.38. The fourth-order valence-corrected chi connectivity index (χ4v) is 2.12. The molecule has 1 saturated heterocycles. The van der Waals surface area contributed by atoms with Crippen LogP contribution in [0.5, 0.6) is 0 Å². The molecule has 0 aliphatic carbocycles. The van der Waals surface area contributed by atoms with Gasteiger partial charge in [0.2, 0.25) is 0 Å². The summed E-state index contributed by atoms with van der Waals surface area (Å²) in [6.45, 7) is 0.744. The van der Waals surface area contributed by atoms with Crippen molar-refractivity contribution in [3.8, 4) is 0 Å². The molecular formula is C13H12F4O2. The van der Waals surface area contributed by atoms with Crippen LogP contribution in [0, 0.1) is 11.7 Å². The van der Waals surface area contributed by atoms with E-state index in [1.54, 1.807) is 0 Å². The van der Waals surface area contributed by atoms with Crippen LogP contribution < -0.4 is 0 Å². The van der Waals surface area contributed by atoms with E-state index in [0.717, 1.165) is 12.1 Å². The summed E-state index contributed by atoms with van der Waals surface area (Å²) in [5.74, 6) is -2.52. The van der Waals surface area contributed by atoms with Gasteiger partial charge in [0, 0.05) is 19.1 Å². The molecule has 1 aliphatic heterocycles. The Balaban J connectivity index is 2.32. The summed E-state index contributed by atoms with van der Waals surface area (Å²) in [6, 6.07) is 2.79. The van der Waals surface area contributed by atoms with Gasteiger partial charge in [0.15, 0.2) is 5.78 Å². The van der Waals surface area contributed by atoms with Crippen molar-refractivity contribution in [3.63, 3.8) is 0 Å². The lowest BCUT2D eigenvalue weighted by atomic mass is 9.90. The Labute approximate surface area is 107 Å². The summed E-state index contributed by atoms with van der Waals surface area (Å²) < 4.78 is 56.6. The second kappa shape index (κ2) is 5.28. The van der Waals surface area contributed by atoms with Crippen LogP contribution in [-0.4, -0.2) is 19.0 Å². The Bertz CT molecular complexity index is 476. The smallest absolute Gasteiger partial charge is 0.381 e. The molecule has 1 heterocycles. The van der Waals surface area contributed by atoms with Crippen molar-refractivity contribution < 1.29 is 27.1 Å². The molecule has 2 nitrogen and oxygen atoms in total. The molecule has 104 valence electrons. The van der Waals surface area contributed by atoms with Crippen LogP contribution in [0.2, 0.25) is 0 Å². The molecule has 1 aliphatic rings. The topological polar surface area (TPSA) is 26.3 Å². The second-order valence-corrected chi connectivity index (χ2v) is 4.42. The largest absolute Gasteiger partial charge is 0.419 e. The minimum absolute atomic E-state index is 0.372. The van der Waals surface area contributed by atoms with E-state index < -0.39 is 34.8 Å². The summed E-state index contributed by atoms with van der Waals surface area (Å²) in [5.41, 5.74) is -1.88. The Hall–Kier alpha value is -1.43. The number of carbonyl (C=O) groups is 1. The Morgan fingerprint density at radius 2 is 1.84 bits per heavy atom. The van der Waals surface area contributed by atoms with Gasteiger partial charge in [-0.1, -0.05) is 6.07 Å². The second-order valence-electron chi connectivity index (χ2n) is 4.42. The SMILES string of the molecule is O=C(c1cccc(C(F)(F)F)c1F)C1CCOCC1. The third-order valence-corrected chi connectivity index (χ3v) is 3.16. The number of rotatable bonds is 2. The predicted octanol–water partition coefficient (Wildman–Crippen LogP) is 3.45. The number of ether oxygens (including phenoxy) is 1. The van der Waals surface area contributed by atoms with Gasteiger partial charge in [-0.25, -0.2) is 4.39 Å². The van der Waals surface area contributed by atoms with E-state index in [9.17, 15) is 22.4 Å². The summed E-state index contributed by atoms with van der Waals surface area (Å²) in [4.78, 5) is 12.0. The van der Waals surface area contributed by atoms with Crippen LogP contribution in [-0.2, 0) is 10.9 Å². The molecule has 0 spiro atoms. The van der Waals surface area contributed by atoms with Gasteiger partial charge in [0.1, 0.15) is 5.82 Å². The summed E-state index contributed by atoms with van der Waals surface area (Å²) in [5, 5.41) is 0. The molecule has 0 bridgehead atoms. The lowest BCUT2D eigenvalue weighted by Gasteiger charge is -2.21. The van der Waals surface area contributed by atoms with Gasteiger partial charge < -0.3 is 4.74 Å². The monoisotopic (exact) mass is 276 g/mol. The summed E-state index contributed by atoms with van der Waals surface area (Å²) >= 11 is 0. The van der Waals surface area contributed by atoms with Gasteiger partial charge >= 0.3 is 6.18 Å². The number of halogens is 4. The number of Topliss-reactive ketones (excluding diaryl/α,β-unsaturated/α-hetero) is 1. The normalized spacial score (nSPS) is 17.5. The number of benzene rings is 1. The van der Waals surface area contributed by atoms with E-state index in [4.69, 9.17) is 4.74 Å². The standard InChI is InChI=1S/C13H12F4O2/c14-11-9(2-1-3-10(11)13(15,16)17)12(18)8-4-6-19-7-5-8/h1-3,8H,4-7H2. The minimum atomic E-state index is -4.80. The van der Waals surface area contributed by atoms with Crippen LogP contribution in [0.3, 0.4) is 0 Å². The van der Waals surface area contributed by atoms with Gasteiger partial charge in [-0.05, 0) is 25.0 Å². The Kier molecular flexibility index (Phi) is 3.89. The van der Waals surface area contributed by atoms with E-state index in [1.807, 2.05) is 0 Å². The van der Waals surface area contributed by atoms with Crippen molar-refractivity contribution >= 4 is 5.78 Å². The number of hydrogen-bond donors (Lipinski definition) is 0. The lowest BCUT2D eigenvalue weighted by molar-refractivity contribution is -0.140. The van der Waals surface area contributed by atoms with Crippen LogP contribution in [0.15, 0.2) is 18.2 Å². The van der Waals surface area contributed by atoms with Crippen molar-refractivity contribution in [1.29, 1.82) is 0 Å². The van der Waals surface area contributed by atoms with Gasteiger partial charge in [-0.3, -0.25) is 4.79 Å². The first-order chi connectivity index (χ1) is 8.91. The molecule has 0 amide bonds. The zero-order valence-corrected chi connectivity index (χ0v) is 9.97. The quantitative estimate of drug-likeness (QED) is 0.611. The number of ketones is 1. The molecule has 2 rings (SSSR count).